The minimum absolute atomic E-state index is 0.0135. The fraction of sp³-hybridized carbons (Fsp3) is 0.167. The maximum Gasteiger partial charge on any atom is 0.295 e. The molecule has 0 bridgehead atoms. The van der Waals surface area contributed by atoms with E-state index in [-0.39, 0.29) is 17.9 Å². The normalized spacial score (nSPS) is 17.6. The number of aliphatic hydroxyl groups excluding tert-OH is 1. The Morgan fingerprint density at radius 3 is 2.44 bits per heavy atom. The van der Waals surface area contributed by atoms with Crippen molar-refractivity contribution in [3.05, 3.63) is 86.6 Å². The van der Waals surface area contributed by atoms with Crippen molar-refractivity contribution in [2.24, 2.45) is 0 Å². The summed E-state index contributed by atoms with van der Waals surface area (Å²) >= 11 is 7.45. The number of carbonyl (C=O) groups excluding carboxylic acids is 2. The van der Waals surface area contributed by atoms with Crippen molar-refractivity contribution < 1.29 is 24.2 Å². The van der Waals surface area contributed by atoms with Gasteiger partial charge in [-0.15, -0.1) is 11.3 Å². The molecule has 3 aromatic rings. The van der Waals surface area contributed by atoms with Crippen LogP contribution in [0.4, 0.5) is 0 Å². The van der Waals surface area contributed by atoms with Gasteiger partial charge in [-0.05, 0) is 41.8 Å². The Morgan fingerprint density at radius 2 is 1.81 bits per heavy atom. The largest absolute Gasteiger partial charge is 0.507 e. The SMILES string of the molecule is COc1cccc(C2/C(=C(\O)c3ccc(Cl)cc3)C(=O)C(=O)N2Cc2cccs2)c1OC. The number of para-hydroxylation sites is 1. The monoisotopic (exact) mass is 469 g/mol. The van der Waals surface area contributed by atoms with E-state index < -0.39 is 17.7 Å². The molecule has 8 heteroatoms. The maximum absolute atomic E-state index is 13.2. The van der Waals surface area contributed by atoms with Crippen molar-refractivity contribution in [1.82, 2.24) is 4.90 Å². The van der Waals surface area contributed by atoms with Crippen LogP contribution in [0, 0.1) is 0 Å². The highest BCUT2D eigenvalue weighted by Gasteiger charge is 2.47. The smallest absolute Gasteiger partial charge is 0.295 e. The van der Waals surface area contributed by atoms with Crippen molar-refractivity contribution in [2.75, 3.05) is 14.2 Å². The molecule has 0 saturated carbocycles. The summed E-state index contributed by atoms with van der Waals surface area (Å²) in [6, 6.07) is 14.6. The minimum atomic E-state index is -0.863. The highest BCUT2D eigenvalue weighted by molar-refractivity contribution is 7.09. The average Bonchev–Trinajstić information content (AvgIpc) is 3.41. The standard InChI is InChI=1S/C24H20ClNO5S/c1-30-18-7-3-6-17(23(18)31-2)20-19(21(27)14-8-10-15(25)11-9-14)22(28)24(29)26(20)13-16-5-4-12-32-16/h3-12,20,27H,13H2,1-2H3/b21-19+. The molecule has 1 fully saturated rings. The number of aliphatic hydroxyl groups is 1. The first-order chi connectivity index (χ1) is 15.5. The number of hydrogen-bond acceptors (Lipinski definition) is 6. The molecule has 1 N–H and O–H groups in total. The minimum Gasteiger partial charge on any atom is -0.507 e. The van der Waals surface area contributed by atoms with Crippen LogP contribution in [0.1, 0.15) is 22.0 Å². The van der Waals surface area contributed by atoms with Crippen molar-refractivity contribution >= 4 is 40.4 Å². The lowest BCUT2D eigenvalue weighted by molar-refractivity contribution is -0.140. The van der Waals surface area contributed by atoms with E-state index in [1.165, 1.54) is 30.5 Å². The van der Waals surface area contributed by atoms with Crippen molar-refractivity contribution in [1.29, 1.82) is 0 Å². The van der Waals surface area contributed by atoms with Gasteiger partial charge in [0.05, 0.1) is 32.4 Å². The van der Waals surface area contributed by atoms with Crippen LogP contribution in [-0.2, 0) is 16.1 Å². The van der Waals surface area contributed by atoms with Crippen molar-refractivity contribution in [3.8, 4) is 11.5 Å². The van der Waals surface area contributed by atoms with E-state index >= 15 is 0 Å². The molecule has 4 rings (SSSR count). The van der Waals surface area contributed by atoms with Gasteiger partial charge in [0.1, 0.15) is 5.76 Å². The second kappa shape index (κ2) is 9.06. The lowest BCUT2D eigenvalue weighted by Crippen LogP contribution is -2.29. The molecule has 164 valence electrons. The van der Waals surface area contributed by atoms with Crippen LogP contribution in [0.15, 0.2) is 65.6 Å². The summed E-state index contributed by atoms with van der Waals surface area (Å²) < 4.78 is 11.0. The first kappa shape index (κ1) is 21.9. The van der Waals surface area contributed by atoms with Crippen LogP contribution in [0.2, 0.25) is 5.02 Å². The van der Waals surface area contributed by atoms with E-state index in [0.717, 1.165) is 4.88 Å². The summed E-state index contributed by atoms with van der Waals surface area (Å²) in [5.41, 5.74) is 0.911. The van der Waals surface area contributed by atoms with Gasteiger partial charge in [-0.25, -0.2) is 0 Å². The van der Waals surface area contributed by atoms with Crippen LogP contribution in [-0.4, -0.2) is 35.9 Å². The lowest BCUT2D eigenvalue weighted by Gasteiger charge is -2.26. The fourth-order valence-electron chi connectivity index (χ4n) is 3.83. The van der Waals surface area contributed by atoms with Gasteiger partial charge in [0, 0.05) is 21.0 Å². The van der Waals surface area contributed by atoms with Gasteiger partial charge in [-0.1, -0.05) is 29.8 Å². The number of Topliss-reactive ketones (excluding diaryl/α,β-unsaturated/α-hetero) is 1. The zero-order valence-electron chi connectivity index (χ0n) is 17.4. The molecule has 1 aromatic heterocycles. The Kier molecular flexibility index (Phi) is 6.21. The van der Waals surface area contributed by atoms with Crippen LogP contribution >= 0.6 is 22.9 Å². The Balaban J connectivity index is 1.94. The van der Waals surface area contributed by atoms with E-state index in [1.807, 2.05) is 17.5 Å². The number of rotatable bonds is 6. The zero-order valence-corrected chi connectivity index (χ0v) is 18.9. The molecule has 0 aliphatic carbocycles. The molecule has 1 amide bonds. The molecule has 1 aliphatic heterocycles. The summed E-state index contributed by atoms with van der Waals surface area (Å²) in [6.45, 7) is 0.213. The summed E-state index contributed by atoms with van der Waals surface area (Å²) in [5.74, 6) is -0.880. The molecule has 32 heavy (non-hydrogen) atoms. The van der Waals surface area contributed by atoms with E-state index in [2.05, 4.69) is 0 Å². The van der Waals surface area contributed by atoms with E-state index in [9.17, 15) is 14.7 Å². The zero-order chi connectivity index (χ0) is 22.8. The number of nitrogens with zero attached hydrogens (tertiary/aromatic N) is 1. The second-order valence-electron chi connectivity index (χ2n) is 7.10. The molecule has 1 aliphatic rings. The Bertz CT molecular complexity index is 1190. The topological polar surface area (TPSA) is 76.1 Å². The number of methoxy groups -OCH3 is 2. The van der Waals surface area contributed by atoms with Gasteiger partial charge in [0.25, 0.3) is 11.7 Å². The predicted molar refractivity (Wildman–Crippen MR) is 123 cm³/mol. The number of thiophene rings is 1. The van der Waals surface area contributed by atoms with Crippen LogP contribution < -0.4 is 9.47 Å². The van der Waals surface area contributed by atoms with E-state index in [1.54, 1.807) is 42.5 Å². The summed E-state index contributed by atoms with van der Waals surface area (Å²) in [7, 11) is 3.00. The number of likely N-dealkylation sites (tertiary alicyclic amines) is 1. The van der Waals surface area contributed by atoms with Crippen LogP contribution in [0.3, 0.4) is 0 Å². The Hall–Kier alpha value is -3.29. The van der Waals surface area contributed by atoms with E-state index in [0.29, 0.717) is 27.6 Å². The Labute approximate surface area is 194 Å². The summed E-state index contributed by atoms with van der Waals surface area (Å²) in [6.07, 6.45) is 0. The van der Waals surface area contributed by atoms with Gasteiger partial charge >= 0.3 is 0 Å². The van der Waals surface area contributed by atoms with Crippen LogP contribution in [0.5, 0.6) is 11.5 Å². The average molecular weight is 470 g/mol. The highest BCUT2D eigenvalue weighted by atomic mass is 35.5. The number of benzene rings is 2. The molecular formula is C24H20ClNO5S. The fourth-order valence-corrected chi connectivity index (χ4v) is 4.66. The number of halogens is 1. The molecular weight excluding hydrogens is 450 g/mol. The first-order valence-corrected chi connectivity index (χ1v) is 11.0. The first-order valence-electron chi connectivity index (χ1n) is 9.74. The van der Waals surface area contributed by atoms with Crippen molar-refractivity contribution in [3.63, 3.8) is 0 Å². The molecule has 6 nitrogen and oxygen atoms in total. The van der Waals surface area contributed by atoms with Crippen molar-refractivity contribution in [2.45, 2.75) is 12.6 Å². The summed E-state index contributed by atoms with van der Waals surface area (Å²) in [5, 5.41) is 13.5. The number of amides is 1. The van der Waals surface area contributed by atoms with Gasteiger partial charge in [-0.2, -0.15) is 0 Å². The maximum atomic E-state index is 13.2. The lowest BCUT2D eigenvalue weighted by atomic mass is 9.94. The van der Waals surface area contributed by atoms with Gasteiger partial charge < -0.3 is 19.5 Å². The molecule has 0 spiro atoms. The highest BCUT2D eigenvalue weighted by Crippen LogP contribution is 2.46. The molecule has 1 atom stereocenters. The molecule has 2 heterocycles. The predicted octanol–water partition coefficient (Wildman–Crippen LogP) is 5.04. The van der Waals surface area contributed by atoms with Gasteiger partial charge in [0.15, 0.2) is 11.5 Å². The number of ether oxygens (including phenoxy) is 2. The Morgan fingerprint density at radius 1 is 1.06 bits per heavy atom. The van der Waals surface area contributed by atoms with E-state index in [4.69, 9.17) is 21.1 Å². The van der Waals surface area contributed by atoms with Gasteiger partial charge in [-0.3, -0.25) is 9.59 Å². The molecule has 0 radical (unpaired) electrons. The number of hydrogen-bond donors (Lipinski definition) is 1. The van der Waals surface area contributed by atoms with Crippen LogP contribution in [0.25, 0.3) is 5.76 Å². The third kappa shape index (κ3) is 3.85. The number of ketones is 1. The molecule has 2 aromatic carbocycles. The quantitative estimate of drug-likeness (QED) is 0.311. The third-order valence-corrected chi connectivity index (χ3v) is 6.41. The number of carbonyl (C=O) groups is 2. The molecule has 1 unspecified atom stereocenters. The van der Waals surface area contributed by atoms with Gasteiger partial charge in [0.2, 0.25) is 0 Å². The second-order valence-corrected chi connectivity index (χ2v) is 8.56. The molecule has 1 saturated heterocycles. The third-order valence-electron chi connectivity index (χ3n) is 5.29. The summed E-state index contributed by atoms with van der Waals surface area (Å²) in [4.78, 5) is 28.6.